The molecule has 0 saturated carbocycles. The topological polar surface area (TPSA) is 107 Å². The number of hydrogen-bond donors (Lipinski definition) is 1. The minimum absolute atomic E-state index is 0.116. The second-order valence-electron chi connectivity index (χ2n) is 11.8. The van der Waals surface area contributed by atoms with Crippen molar-refractivity contribution in [3.05, 3.63) is 96.6 Å². The van der Waals surface area contributed by atoms with Gasteiger partial charge in [0.25, 0.3) is 0 Å². The summed E-state index contributed by atoms with van der Waals surface area (Å²) >= 11 is 0. The van der Waals surface area contributed by atoms with Crippen LogP contribution in [0.25, 0.3) is 33.9 Å². The van der Waals surface area contributed by atoms with Crippen molar-refractivity contribution in [1.82, 2.24) is 39.9 Å². The van der Waals surface area contributed by atoms with Crippen LogP contribution in [-0.4, -0.2) is 85.1 Å². The number of aromatic nitrogens is 6. The SMILES string of the molecule is CC(=O)N1CCN(c2ncc(-c3ccccc3)c(-c3ccc(CN4CCC(c5nnc(-c6ccccn6)[nH]5)CC4)cc3)n2)CC1. The monoisotopic (exact) mass is 599 g/mol. The predicted octanol–water partition coefficient (Wildman–Crippen LogP) is 5.04. The van der Waals surface area contributed by atoms with E-state index in [1.165, 1.54) is 5.56 Å². The molecule has 7 rings (SSSR count). The highest BCUT2D eigenvalue weighted by molar-refractivity contribution is 5.81. The van der Waals surface area contributed by atoms with Crippen molar-refractivity contribution in [2.24, 2.45) is 0 Å². The number of nitrogens with one attached hydrogen (secondary N) is 1. The van der Waals surface area contributed by atoms with Gasteiger partial charge in [0, 0.05) is 69.1 Å². The van der Waals surface area contributed by atoms with E-state index in [0.29, 0.717) is 25.0 Å². The van der Waals surface area contributed by atoms with Crippen molar-refractivity contribution in [1.29, 1.82) is 0 Å². The highest BCUT2D eigenvalue weighted by Crippen LogP contribution is 2.33. The summed E-state index contributed by atoms with van der Waals surface area (Å²) in [5, 5.41) is 8.79. The number of rotatable bonds is 7. The molecule has 10 nitrogen and oxygen atoms in total. The molecule has 228 valence electrons. The van der Waals surface area contributed by atoms with Crippen LogP contribution < -0.4 is 4.90 Å². The summed E-state index contributed by atoms with van der Waals surface area (Å²) in [4.78, 5) is 36.0. The van der Waals surface area contributed by atoms with Crippen molar-refractivity contribution in [2.75, 3.05) is 44.2 Å². The van der Waals surface area contributed by atoms with E-state index in [4.69, 9.17) is 9.97 Å². The number of carbonyl (C=O) groups is 1. The quantitative estimate of drug-likeness (QED) is 0.277. The second-order valence-corrected chi connectivity index (χ2v) is 11.8. The third-order valence-corrected chi connectivity index (χ3v) is 8.89. The lowest BCUT2D eigenvalue weighted by atomic mass is 9.95. The minimum atomic E-state index is 0.116. The maximum atomic E-state index is 11.8. The molecule has 0 atom stereocenters. The Morgan fingerprint density at radius 2 is 1.58 bits per heavy atom. The molecule has 0 aliphatic carbocycles. The van der Waals surface area contributed by atoms with Gasteiger partial charge >= 0.3 is 0 Å². The molecule has 2 fully saturated rings. The van der Waals surface area contributed by atoms with E-state index < -0.39 is 0 Å². The van der Waals surface area contributed by atoms with Gasteiger partial charge in [-0.2, -0.15) is 0 Å². The Hall–Kier alpha value is -4.96. The number of nitrogens with zero attached hydrogens (tertiary/aromatic N) is 8. The Morgan fingerprint density at radius 1 is 0.822 bits per heavy atom. The lowest BCUT2D eigenvalue weighted by Crippen LogP contribution is -2.48. The Balaban J connectivity index is 1.03. The molecule has 3 aromatic heterocycles. The zero-order valence-corrected chi connectivity index (χ0v) is 25.5. The summed E-state index contributed by atoms with van der Waals surface area (Å²) in [5.74, 6) is 2.89. The van der Waals surface area contributed by atoms with Crippen LogP contribution in [0, 0.1) is 0 Å². The molecular weight excluding hydrogens is 562 g/mol. The van der Waals surface area contributed by atoms with E-state index >= 15 is 0 Å². The zero-order chi connectivity index (χ0) is 30.6. The van der Waals surface area contributed by atoms with Crippen LogP contribution in [0.15, 0.2) is 85.2 Å². The smallest absolute Gasteiger partial charge is 0.226 e. The van der Waals surface area contributed by atoms with E-state index in [0.717, 1.165) is 85.3 Å². The fourth-order valence-corrected chi connectivity index (χ4v) is 6.26. The number of aromatic amines is 1. The summed E-state index contributed by atoms with van der Waals surface area (Å²) in [6.07, 6.45) is 5.80. The lowest BCUT2D eigenvalue weighted by molar-refractivity contribution is -0.129. The molecule has 2 aromatic carbocycles. The van der Waals surface area contributed by atoms with Crippen LogP contribution in [0.2, 0.25) is 0 Å². The number of carbonyl (C=O) groups excluding carboxylic acids is 1. The molecule has 2 aliphatic heterocycles. The van der Waals surface area contributed by atoms with Crippen LogP contribution in [0.3, 0.4) is 0 Å². The fraction of sp³-hybridized carbons (Fsp3) is 0.314. The Labute approximate surface area is 263 Å². The second kappa shape index (κ2) is 13.0. The molecular formula is C35H37N9O. The first-order valence-electron chi connectivity index (χ1n) is 15.7. The number of piperazine rings is 1. The number of likely N-dealkylation sites (tertiary alicyclic amines) is 1. The van der Waals surface area contributed by atoms with Crippen molar-refractivity contribution >= 4 is 11.9 Å². The van der Waals surface area contributed by atoms with Crippen LogP contribution in [0.5, 0.6) is 0 Å². The van der Waals surface area contributed by atoms with Gasteiger partial charge in [-0.3, -0.25) is 14.7 Å². The highest BCUT2D eigenvalue weighted by Gasteiger charge is 2.25. The number of benzene rings is 2. The van der Waals surface area contributed by atoms with Crippen LogP contribution in [0.1, 0.15) is 37.1 Å². The standard InChI is InChI=1S/C35H37N9O/c1-25(45)43-19-21-44(22-20-43)35-37-23-30(27-7-3-2-4-8-27)32(38-35)28-12-10-26(11-13-28)24-42-17-14-29(15-18-42)33-39-34(41-40-33)31-9-5-6-16-36-31/h2-13,16,23,29H,14-15,17-22,24H2,1H3,(H,39,40,41). The molecule has 0 spiro atoms. The molecule has 1 amide bonds. The highest BCUT2D eigenvalue weighted by atomic mass is 16.2. The van der Waals surface area contributed by atoms with E-state index in [9.17, 15) is 4.79 Å². The molecule has 2 aliphatic rings. The maximum Gasteiger partial charge on any atom is 0.226 e. The van der Waals surface area contributed by atoms with Gasteiger partial charge in [0.15, 0.2) is 5.82 Å². The van der Waals surface area contributed by atoms with E-state index in [-0.39, 0.29) is 5.91 Å². The molecule has 45 heavy (non-hydrogen) atoms. The summed E-state index contributed by atoms with van der Waals surface area (Å²) < 4.78 is 0. The number of hydrogen-bond acceptors (Lipinski definition) is 8. The average molecular weight is 600 g/mol. The summed E-state index contributed by atoms with van der Waals surface area (Å²) in [6.45, 7) is 7.37. The van der Waals surface area contributed by atoms with Gasteiger partial charge in [-0.25, -0.2) is 9.97 Å². The molecule has 0 bridgehead atoms. The molecule has 0 unspecified atom stereocenters. The van der Waals surface area contributed by atoms with Crippen LogP contribution >= 0.6 is 0 Å². The molecule has 2 saturated heterocycles. The first-order chi connectivity index (χ1) is 22.1. The number of amides is 1. The first kappa shape index (κ1) is 28.8. The van der Waals surface area contributed by atoms with Gasteiger partial charge < -0.3 is 14.8 Å². The fourth-order valence-electron chi connectivity index (χ4n) is 6.26. The molecule has 5 heterocycles. The van der Waals surface area contributed by atoms with Crippen molar-refractivity contribution < 1.29 is 4.79 Å². The maximum absolute atomic E-state index is 11.8. The minimum Gasteiger partial charge on any atom is -0.339 e. The van der Waals surface area contributed by atoms with Crippen LogP contribution in [-0.2, 0) is 11.3 Å². The predicted molar refractivity (Wildman–Crippen MR) is 174 cm³/mol. The van der Waals surface area contributed by atoms with Gasteiger partial charge in [-0.15, -0.1) is 10.2 Å². The molecule has 10 heteroatoms. The van der Waals surface area contributed by atoms with Gasteiger partial charge in [0.1, 0.15) is 11.5 Å². The summed E-state index contributed by atoms with van der Waals surface area (Å²) in [7, 11) is 0. The van der Waals surface area contributed by atoms with Gasteiger partial charge in [0.2, 0.25) is 11.9 Å². The molecule has 5 aromatic rings. The lowest BCUT2D eigenvalue weighted by Gasteiger charge is -2.34. The van der Waals surface area contributed by atoms with Gasteiger partial charge in [0.05, 0.1) is 5.69 Å². The van der Waals surface area contributed by atoms with Crippen molar-refractivity contribution in [3.8, 4) is 33.9 Å². The van der Waals surface area contributed by atoms with Crippen LogP contribution in [0.4, 0.5) is 5.95 Å². The number of anilines is 1. The first-order valence-corrected chi connectivity index (χ1v) is 15.7. The number of H-pyrrole nitrogens is 1. The van der Waals surface area contributed by atoms with E-state index in [2.05, 4.69) is 66.4 Å². The zero-order valence-electron chi connectivity index (χ0n) is 25.5. The van der Waals surface area contributed by atoms with E-state index in [1.54, 1.807) is 13.1 Å². The largest absolute Gasteiger partial charge is 0.339 e. The van der Waals surface area contributed by atoms with E-state index in [1.807, 2.05) is 47.5 Å². The third kappa shape index (κ3) is 6.46. The van der Waals surface area contributed by atoms with Crippen molar-refractivity contribution in [3.63, 3.8) is 0 Å². The van der Waals surface area contributed by atoms with Gasteiger partial charge in [-0.1, -0.05) is 60.7 Å². The third-order valence-electron chi connectivity index (χ3n) is 8.89. The average Bonchev–Trinajstić information content (AvgIpc) is 3.60. The Morgan fingerprint density at radius 3 is 2.29 bits per heavy atom. The number of pyridine rings is 1. The van der Waals surface area contributed by atoms with Crippen molar-refractivity contribution in [2.45, 2.75) is 32.2 Å². The molecule has 1 N–H and O–H groups in total. The Bertz CT molecular complexity index is 1720. The van der Waals surface area contributed by atoms with Gasteiger partial charge in [-0.05, 0) is 49.2 Å². The number of piperidine rings is 1. The summed E-state index contributed by atoms with van der Waals surface area (Å²) in [5.41, 5.74) is 6.19. The Kier molecular flexibility index (Phi) is 8.29. The normalized spacial score (nSPS) is 16.2. The summed E-state index contributed by atoms with van der Waals surface area (Å²) in [6, 6.07) is 24.9. The molecule has 0 radical (unpaired) electrons.